The molecule has 1 N–H and O–H groups in total. The van der Waals surface area contributed by atoms with Crippen molar-refractivity contribution in [3.05, 3.63) is 53.9 Å². The number of carboxylic acids is 1. The predicted molar refractivity (Wildman–Crippen MR) is 76.3 cm³/mol. The van der Waals surface area contributed by atoms with Gasteiger partial charge in [-0.25, -0.2) is 4.79 Å². The van der Waals surface area contributed by atoms with Crippen molar-refractivity contribution in [2.45, 2.75) is 6.54 Å². The number of anilines is 1. The van der Waals surface area contributed by atoms with Crippen LogP contribution in [0.15, 0.2) is 42.7 Å². The number of nitrogens with zero attached hydrogens (tertiary/aromatic N) is 2. The van der Waals surface area contributed by atoms with E-state index in [0.29, 0.717) is 12.2 Å². The summed E-state index contributed by atoms with van der Waals surface area (Å²) >= 11 is 0. The first-order valence-corrected chi connectivity index (χ1v) is 6.13. The van der Waals surface area contributed by atoms with Crippen LogP contribution in [0.3, 0.4) is 0 Å². The molecule has 20 heavy (non-hydrogen) atoms. The van der Waals surface area contributed by atoms with Gasteiger partial charge in [-0.2, -0.15) is 0 Å². The molecule has 5 heteroatoms. The monoisotopic (exact) mass is 272 g/mol. The molecule has 0 aliphatic heterocycles. The molecule has 0 unspecified atom stereocenters. The number of hydrogen-bond donors (Lipinski definition) is 1. The smallest absolute Gasteiger partial charge is 0.339 e. The summed E-state index contributed by atoms with van der Waals surface area (Å²) in [6, 6.07) is 9.38. The molecule has 1 aromatic heterocycles. The number of carbonyl (C=O) groups is 1. The number of benzene rings is 1. The zero-order valence-corrected chi connectivity index (χ0v) is 11.4. The first-order chi connectivity index (χ1) is 9.61. The highest BCUT2D eigenvalue weighted by Gasteiger charge is 2.13. The van der Waals surface area contributed by atoms with Crippen LogP contribution in [0, 0.1) is 0 Å². The summed E-state index contributed by atoms with van der Waals surface area (Å²) in [5.74, 6) is -0.199. The molecule has 0 aliphatic rings. The van der Waals surface area contributed by atoms with Gasteiger partial charge in [0.15, 0.2) is 0 Å². The molecule has 2 aromatic rings. The van der Waals surface area contributed by atoms with Gasteiger partial charge in [-0.3, -0.25) is 4.98 Å². The molecule has 5 nitrogen and oxygen atoms in total. The van der Waals surface area contributed by atoms with Crippen LogP contribution in [0.1, 0.15) is 15.9 Å². The van der Waals surface area contributed by atoms with Crippen LogP contribution < -0.4 is 9.64 Å². The van der Waals surface area contributed by atoms with E-state index >= 15 is 0 Å². The Morgan fingerprint density at radius 2 is 2.20 bits per heavy atom. The van der Waals surface area contributed by atoms with Crippen LogP contribution in [0.25, 0.3) is 0 Å². The van der Waals surface area contributed by atoms with E-state index in [0.717, 1.165) is 11.3 Å². The highest BCUT2D eigenvalue weighted by molar-refractivity contribution is 5.93. The summed E-state index contributed by atoms with van der Waals surface area (Å²) in [7, 11) is 3.47. The molecule has 0 radical (unpaired) electrons. The lowest BCUT2D eigenvalue weighted by Gasteiger charge is -2.21. The fourth-order valence-corrected chi connectivity index (χ4v) is 2.01. The van der Waals surface area contributed by atoms with E-state index in [2.05, 4.69) is 4.98 Å². The minimum Gasteiger partial charge on any atom is -0.497 e. The Balaban J connectivity index is 2.23. The maximum absolute atomic E-state index is 11.2. The van der Waals surface area contributed by atoms with E-state index in [1.165, 1.54) is 6.20 Å². The lowest BCUT2D eigenvalue weighted by molar-refractivity contribution is 0.0697. The molecule has 0 atom stereocenters. The molecule has 0 bridgehead atoms. The number of carboxylic acid groups (broad SMARTS) is 1. The Kier molecular flexibility index (Phi) is 4.20. The van der Waals surface area contributed by atoms with Gasteiger partial charge in [0.1, 0.15) is 11.3 Å². The van der Waals surface area contributed by atoms with Crippen molar-refractivity contribution in [1.82, 2.24) is 4.98 Å². The van der Waals surface area contributed by atoms with Gasteiger partial charge in [0, 0.05) is 26.0 Å². The highest BCUT2D eigenvalue weighted by atomic mass is 16.5. The third-order valence-electron chi connectivity index (χ3n) is 2.99. The zero-order valence-electron chi connectivity index (χ0n) is 11.4. The summed E-state index contributed by atoms with van der Waals surface area (Å²) in [4.78, 5) is 16.9. The number of aromatic carboxylic acids is 1. The third kappa shape index (κ3) is 3.06. The molecule has 0 amide bonds. The van der Waals surface area contributed by atoms with Crippen molar-refractivity contribution in [2.24, 2.45) is 0 Å². The third-order valence-corrected chi connectivity index (χ3v) is 2.99. The van der Waals surface area contributed by atoms with Gasteiger partial charge >= 0.3 is 5.97 Å². The Morgan fingerprint density at radius 3 is 2.90 bits per heavy atom. The normalized spacial score (nSPS) is 10.1. The lowest BCUT2D eigenvalue weighted by Crippen LogP contribution is -2.19. The van der Waals surface area contributed by atoms with Gasteiger partial charge in [-0.15, -0.1) is 0 Å². The molecule has 0 aliphatic carbocycles. The molecule has 0 fully saturated rings. The maximum atomic E-state index is 11.2. The number of ether oxygens (including phenoxy) is 1. The van der Waals surface area contributed by atoms with Gasteiger partial charge in [-0.1, -0.05) is 12.1 Å². The van der Waals surface area contributed by atoms with Crippen LogP contribution in [0.4, 0.5) is 5.69 Å². The SMILES string of the molecule is COc1cccc(CN(C)c2ccncc2C(=O)O)c1. The molecule has 1 aromatic carbocycles. The van der Waals surface area contributed by atoms with Crippen LogP contribution >= 0.6 is 0 Å². The number of pyridine rings is 1. The first-order valence-electron chi connectivity index (χ1n) is 6.13. The molecule has 0 spiro atoms. The molecule has 1 heterocycles. The molecule has 104 valence electrons. The number of methoxy groups -OCH3 is 1. The topological polar surface area (TPSA) is 62.7 Å². The molecule has 0 saturated carbocycles. The summed E-state index contributed by atoms with van der Waals surface area (Å²) in [6.07, 6.45) is 2.95. The van der Waals surface area contributed by atoms with Crippen molar-refractivity contribution in [2.75, 3.05) is 19.1 Å². The van der Waals surface area contributed by atoms with Gasteiger partial charge < -0.3 is 14.7 Å². The number of hydrogen-bond acceptors (Lipinski definition) is 4. The second-order valence-electron chi connectivity index (χ2n) is 4.41. The minimum atomic E-state index is -0.981. The molecular formula is C15H16N2O3. The van der Waals surface area contributed by atoms with E-state index < -0.39 is 5.97 Å². The molecule has 2 rings (SSSR count). The van der Waals surface area contributed by atoms with Crippen LogP contribution in [-0.2, 0) is 6.54 Å². The zero-order chi connectivity index (χ0) is 14.5. The van der Waals surface area contributed by atoms with E-state index in [1.807, 2.05) is 36.2 Å². The van der Waals surface area contributed by atoms with Gasteiger partial charge in [0.25, 0.3) is 0 Å². The van der Waals surface area contributed by atoms with Gasteiger partial charge in [0.2, 0.25) is 0 Å². The van der Waals surface area contributed by atoms with Crippen molar-refractivity contribution < 1.29 is 14.6 Å². The maximum Gasteiger partial charge on any atom is 0.339 e. The largest absolute Gasteiger partial charge is 0.497 e. The fraction of sp³-hybridized carbons (Fsp3) is 0.200. The molecule has 0 saturated heterocycles. The van der Waals surface area contributed by atoms with Gasteiger partial charge in [-0.05, 0) is 23.8 Å². The number of rotatable bonds is 5. The summed E-state index contributed by atoms with van der Waals surface area (Å²) < 4.78 is 5.18. The quantitative estimate of drug-likeness (QED) is 0.905. The first kappa shape index (κ1) is 13.9. The van der Waals surface area contributed by atoms with E-state index in [1.54, 1.807) is 19.4 Å². The van der Waals surface area contributed by atoms with Crippen LogP contribution in [0.5, 0.6) is 5.75 Å². The molecular weight excluding hydrogens is 256 g/mol. The van der Waals surface area contributed by atoms with Crippen molar-refractivity contribution in [3.63, 3.8) is 0 Å². The second kappa shape index (κ2) is 6.06. The Labute approximate surface area is 117 Å². The van der Waals surface area contributed by atoms with Gasteiger partial charge in [0.05, 0.1) is 12.8 Å². The lowest BCUT2D eigenvalue weighted by atomic mass is 10.1. The van der Waals surface area contributed by atoms with Crippen molar-refractivity contribution >= 4 is 11.7 Å². The summed E-state index contributed by atoms with van der Waals surface area (Å²) in [5.41, 5.74) is 1.87. The van der Waals surface area contributed by atoms with E-state index in [-0.39, 0.29) is 5.56 Å². The fourth-order valence-electron chi connectivity index (χ4n) is 2.01. The summed E-state index contributed by atoms with van der Waals surface area (Å²) in [6.45, 7) is 0.585. The van der Waals surface area contributed by atoms with E-state index in [9.17, 15) is 9.90 Å². The Bertz CT molecular complexity index is 614. The predicted octanol–water partition coefficient (Wildman–Crippen LogP) is 2.42. The average Bonchev–Trinajstić information content (AvgIpc) is 2.47. The van der Waals surface area contributed by atoms with E-state index in [4.69, 9.17) is 4.74 Å². The minimum absolute atomic E-state index is 0.192. The van der Waals surface area contributed by atoms with Crippen molar-refractivity contribution in [1.29, 1.82) is 0 Å². The van der Waals surface area contributed by atoms with Crippen LogP contribution in [0.2, 0.25) is 0 Å². The second-order valence-corrected chi connectivity index (χ2v) is 4.41. The summed E-state index contributed by atoms with van der Waals surface area (Å²) in [5, 5.41) is 9.18. The Morgan fingerprint density at radius 1 is 1.40 bits per heavy atom. The average molecular weight is 272 g/mol. The Hall–Kier alpha value is -2.56. The standard InChI is InChI=1S/C15H16N2O3/c1-17(10-11-4-3-5-12(8-11)20-2)14-6-7-16-9-13(14)15(18)19/h3-9H,10H2,1-2H3,(H,18,19). The van der Waals surface area contributed by atoms with Crippen LogP contribution in [-0.4, -0.2) is 30.2 Å². The van der Waals surface area contributed by atoms with Crippen molar-refractivity contribution in [3.8, 4) is 5.75 Å². The number of aromatic nitrogens is 1. The highest BCUT2D eigenvalue weighted by Crippen LogP contribution is 2.21.